The number of nitrogen functional groups attached to an aromatic ring is 2. The van der Waals surface area contributed by atoms with Crippen LogP contribution in [0.15, 0.2) is 36.4 Å². The number of hydrogen-bond donors (Lipinski definition) is 2. The molecule has 0 aliphatic rings. The molecule has 0 atom stereocenters. The number of rotatable bonds is 5. The molecule has 21 heavy (non-hydrogen) atoms. The maximum atomic E-state index is 14.5. The van der Waals surface area contributed by atoms with E-state index in [1.807, 2.05) is 42.2 Å². The number of halogens is 2. The van der Waals surface area contributed by atoms with Gasteiger partial charge in [0, 0.05) is 13.1 Å². The van der Waals surface area contributed by atoms with E-state index in [1.54, 1.807) is 0 Å². The summed E-state index contributed by atoms with van der Waals surface area (Å²) in [7, 11) is 0. The van der Waals surface area contributed by atoms with Crippen molar-refractivity contribution in [2.24, 2.45) is 0 Å². The minimum absolute atomic E-state index is 0.0756. The van der Waals surface area contributed by atoms with Crippen molar-refractivity contribution in [3.05, 3.63) is 52.8 Å². The van der Waals surface area contributed by atoms with Crippen LogP contribution in [0.5, 0.6) is 0 Å². The molecule has 0 bridgehead atoms. The fourth-order valence-corrected chi connectivity index (χ4v) is 2.47. The highest BCUT2D eigenvalue weighted by molar-refractivity contribution is 6.33. The summed E-state index contributed by atoms with van der Waals surface area (Å²) < 4.78 is 14.5. The molecule has 0 saturated carbocycles. The van der Waals surface area contributed by atoms with Crippen LogP contribution in [0.2, 0.25) is 5.02 Å². The van der Waals surface area contributed by atoms with Crippen LogP contribution in [0, 0.1) is 5.82 Å². The second-order valence-corrected chi connectivity index (χ2v) is 5.32. The molecule has 0 spiro atoms. The van der Waals surface area contributed by atoms with Gasteiger partial charge in [0.2, 0.25) is 0 Å². The standard InChI is InChI=1S/C16H19ClFN3/c1-2-8-21(10-11-6-4-3-5-7-11)16-13(20)9-12(19)14(17)15(16)18/h3-7,9H,2,8,10,19-20H2,1H3. The first-order valence-electron chi connectivity index (χ1n) is 6.86. The molecular weight excluding hydrogens is 289 g/mol. The summed E-state index contributed by atoms with van der Waals surface area (Å²) >= 11 is 5.92. The predicted molar refractivity (Wildman–Crippen MR) is 88.0 cm³/mol. The van der Waals surface area contributed by atoms with Crippen molar-refractivity contribution in [1.82, 2.24) is 0 Å². The maximum absolute atomic E-state index is 14.5. The molecule has 2 rings (SSSR count). The molecule has 0 amide bonds. The quantitative estimate of drug-likeness (QED) is 0.819. The lowest BCUT2D eigenvalue weighted by Crippen LogP contribution is -2.26. The van der Waals surface area contributed by atoms with Gasteiger partial charge in [0.15, 0.2) is 5.82 Å². The lowest BCUT2D eigenvalue weighted by Gasteiger charge is -2.27. The number of benzene rings is 2. The molecule has 0 radical (unpaired) electrons. The second kappa shape index (κ2) is 6.68. The largest absolute Gasteiger partial charge is 0.397 e. The van der Waals surface area contributed by atoms with Gasteiger partial charge >= 0.3 is 0 Å². The Morgan fingerprint density at radius 3 is 2.43 bits per heavy atom. The Labute approximate surface area is 129 Å². The lowest BCUT2D eigenvalue weighted by molar-refractivity contribution is 0.616. The first-order valence-corrected chi connectivity index (χ1v) is 7.24. The second-order valence-electron chi connectivity index (χ2n) is 4.94. The molecule has 0 unspecified atom stereocenters. The van der Waals surface area contributed by atoms with Crippen molar-refractivity contribution in [1.29, 1.82) is 0 Å². The maximum Gasteiger partial charge on any atom is 0.169 e. The highest BCUT2D eigenvalue weighted by Crippen LogP contribution is 2.36. The zero-order valence-corrected chi connectivity index (χ0v) is 12.7. The Balaban J connectivity index is 2.41. The van der Waals surface area contributed by atoms with Crippen LogP contribution in [-0.2, 0) is 6.54 Å². The molecule has 2 aromatic carbocycles. The summed E-state index contributed by atoms with van der Waals surface area (Å²) in [6, 6.07) is 11.4. The van der Waals surface area contributed by atoms with Gasteiger partial charge in [-0.1, -0.05) is 48.9 Å². The van der Waals surface area contributed by atoms with E-state index in [0.717, 1.165) is 12.0 Å². The van der Waals surface area contributed by atoms with Gasteiger partial charge in [-0.25, -0.2) is 4.39 Å². The van der Waals surface area contributed by atoms with E-state index in [1.165, 1.54) is 6.07 Å². The molecular formula is C16H19ClFN3. The van der Waals surface area contributed by atoms with Crippen LogP contribution in [0.25, 0.3) is 0 Å². The average molecular weight is 308 g/mol. The van der Waals surface area contributed by atoms with Gasteiger partial charge in [0.1, 0.15) is 5.02 Å². The van der Waals surface area contributed by atoms with E-state index in [-0.39, 0.29) is 10.7 Å². The van der Waals surface area contributed by atoms with Gasteiger partial charge in [0.25, 0.3) is 0 Å². The number of anilines is 3. The first kappa shape index (κ1) is 15.4. The molecule has 0 saturated heterocycles. The van der Waals surface area contributed by atoms with E-state index in [0.29, 0.717) is 24.5 Å². The summed E-state index contributed by atoms with van der Waals surface area (Å²) in [5.74, 6) is -0.557. The molecule has 4 N–H and O–H groups in total. The monoisotopic (exact) mass is 307 g/mol. The molecule has 2 aromatic rings. The minimum Gasteiger partial charge on any atom is -0.397 e. The van der Waals surface area contributed by atoms with Gasteiger partial charge < -0.3 is 16.4 Å². The molecule has 0 heterocycles. The Hall–Kier alpha value is -1.94. The zero-order chi connectivity index (χ0) is 15.4. The van der Waals surface area contributed by atoms with Crippen LogP contribution in [0.3, 0.4) is 0 Å². The Kier molecular flexibility index (Phi) is 4.91. The Morgan fingerprint density at radius 1 is 1.14 bits per heavy atom. The smallest absolute Gasteiger partial charge is 0.169 e. The molecule has 3 nitrogen and oxygen atoms in total. The predicted octanol–water partition coefficient (Wildman–Crippen LogP) is 4.06. The normalized spacial score (nSPS) is 10.6. The van der Waals surface area contributed by atoms with E-state index in [2.05, 4.69) is 0 Å². The summed E-state index contributed by atoms with van der Waals surface area (Å²) in [4.78, 5) is 1.89. The first-order chi connectivity index (χ1) is 10.0. The van der Waals surface area contributed by atoms with Gasteiger partial charge in [-0.15, -0.1) is 0 Å². The van der Waals surface area contributed by atoms with E-state index in [9.17, 15) is 4.39 Å². The fourth-order valence-electron chi connectivity index (χ4n) is 2.32. The lowest BCUT2D eigenvalue weighted by atomic mass is 10.1. The van der Waals surface area contributed by atoms with E-state index < -0.39 is 5.82 Å². The zero-order valence-electron chi connectivity index (χ0n) is 11.9. The summed E-state index contributed by atoms with van der Waals surface area (Å²) in [5.41, 5.74) is 13.5. The van der Waals surface area contributed by atoms with Gasteiger partial charge in [-0.2, -0.15) is 0 Å². The highest BCUT2D eigenvalue weighted by Gasteiger charge is 2.19. The molecule has 112 valence electrons. The van der Waals surface area contributed by atoms with Crippen molar-refractivity contribution in [2.45, 2.75) is 19.9 Å². The Morgan fingerprint density at radius 2 is 1.81 bits per heavy atom. The molecule has 5 heteroatoms. The SMILES string of the molecule is CCCN(Cc1ccccc1)c1c(N)cc(N)c(Cl)c1F. The molecule has 0 aromatic heterocycles. The van der Waals surface area contributed by atoms with Crippen LogP contribution in [0.1, 0.15) is 18.9 Å². The third-order valence-electron chi connectivity index (χ3n) is 3.26. The molecule has 0 aliphatic heterocycles. The highest BCUT2D eigenvalue weighted by atomic mass is 35.5. The van der Waals surface area contributed by atoms with Crippen LogP contribution >= 0.6 is 11.6 Å². The number of nitrogens with zero attached hydrogens (tertiary/aromatic N) is 1. The van der Waals surface area contributed by atoms with Crippen molar-refractivity contribution in [3.8, 4) is 0 Å². The number of nitrogens with two attached hydrogens (primary N) is 2. The topological polar surface area (TPSA) is 55.3 Å². The summed E-state index contributed by atoms with van der Waals surface area (Å²) in [6.07, 6.45) is 0.869. The van der Waals surface area contributed by atoms with Gasteiger partial charge in [-0.3, -0.25) is 0 Å². The van der Waals surface area contributed by atoms with Gasteiger partial charge in [0.05, 0.1) is 17.1 Å². The van der Waals surface area contributed by atoms with Crippen molar-refractivity contribution in [2.75, 3.05) is 22.9 Å². The van der Waals surface area contributed by atoms with Crippen molar-refractivity contribution < 1.29 is 4.39 Å². The molecule has 0 aliphatic carbocycles. The molecule has 0 fully saturated rings. The van der Waals surface area contributed by atoms with Crippen molar-refractivity contribution in [3.63, 3.8) is 0 Å². The third-order valence-corrected chi connectivity index (χ3v) is 3.65. The summed E-state index contributed by atoms with van der Waals surface area (Å²) in [5, 5.41) is -0.0756. The van der Waals surface area contributed by atoms with Crippen LogP contribution < -0.4 is 16.4 Å². The van der Waals surface area contributed by atoms with Crippen LogP contribution in [-0.4, -0.2) is 6.54 Å². The van der Waals surface area contributed by atoms with E-state index in [4.69, 9.17) is 23.1 Å². The van der Waals surface area contributed by atoms with Crippen molar-refractivity contribution >= 4 is 28.7 Å². The van der Waals surface area contributed by atoms with Gasteiger partial charge in [-0.05, 0) is 18.1 Å². The summed E-state index contributed by atoms with van der Waals surface area (Å²) in [6.45, 7) is 3.28. The Bertz CT molecular complexity index is 617. The number of hydrogen-bond acceptors (Lipinski definition) is 3. The third kappa shape index (κ3) is 3.39. The fraction of sp³-hybridized carbons (Fsp3) is 0.250. The van der Waals surface area contributed by atoms with Crippen LogP contribution in [0.4, 0.5) is 21.5 Å². The minimum atomic E-state index is -0.557. The average Bonchev–Trinajstić information content (AvgIpc) is 2.46. The van der Waals surface area contributed by atoms with E-state index >= 15 is 0 Å².